The number of anilines is 1. The van der Waals surface area contributed by atoms with E-state index in [4.69, 9.17) is 5.73 Å². The van der Waals surface area contributed by atoms with Crippen LogP contribution in [-0.2, 0) is 10.0 Å². The molecule has 1 aromatic carbocycles. The van der Waals surface area contributed by atoms with Gasteiger partial charge in [0.2, 0.25) is 10.0 Å². The van der Waals surface area contributed by atoms with Gasteiger partial charge in [-0.25, -0.2) is 17.5 Å². The molecule has 3 N–H and O–H groups in total. The van der Waals surface area contributed by atoms with Crippen LogP contribution in [0.2, 0.25) is 0 Å². The fourth-order valence-corrected chi connectivity index (χ4v) is 3.65. The van der Waals surface area contributed by atoms with Crippen LogP contribution in [-0.4, -0.2) is 14.5 Å². The quantitative estimate of drug-likeness (QED) is 0.801. The number of sulfonamides is 1. The number of hydrogen-bond acceptors (Lipinski definition) is 3. The third-order valence-corrected chi connectivity index (χ3v) is 5.37. The van der Waals surface area contributed by atoms with E-state index in [1.54, 1.807) is 6.92 Å². The minimum absolute atomic E-state index is 0.191. The van der Waals surface area contributed by atoms with Crippen molar-refractivity contribution in [1.82, 2.24) is 4.72 Å². The zero-order valence-electron chi connectivity index (χ0n) is 10.5. The van der Waals surface area contributed by atoms with Crippen molar-refractivity contribution in [3.63, 3.8) is 0 Å². The maximum atomic E-state index is 13.7. The molecule has 0 heterocycles. The molecular weight excluding hydrogens is 335 g/mol. The Morgan fingerprint density at radius 2 is 2.16 bits per heavy atom. The fourth-order valence-electron chi connectivity index (χ4n) is 1.98. The number of nitrogens with two attached hydrogens (primary N) is 1. The SMILES string of the molecule is CC(CC1CC1)NS(=O)(=O)c1cc(N)c(Br)cc1F. The Balaban J connectivity index is 2.20. The molecule has 0 spiro atoms. The second-order valence-corrected chi connectivity index (χ2v) is 7.54. The fraction of sp³-hybridized carbons (Fsp3) is 0.500. The van der Waals surface area contributed by atoms with Crippen molar-refractivity contribution in [1.29, 1.82) is 0 Å². The van der Waals surface area contributed by atoms with Crippen LogP contribution in [0.5, 0.6) is 0 Å². The van der Waals surface area contributed by atoms with E-state index in [0.29, 0.717) is 10.4 Å². The van der Waals surface area contributed by atoms with Crippen molar-refractivity contribution < 1.29 is 12.8 Å². The number of halogens is 2. The van der Waals surface area contributed by atoms with Crippen molar-refractivity contribution in [3.05, 3.63) is 22.4 Å². The van der Waals surface area contributed by atoms with Gasteiger partial charge in [-0.15, -0.1) is 0 Å². The summed E-state index contributed by atoms with van der Waals surface area (Å²) in [6.45, 7) is 1.79. The van der Waals surface area contributed by atoms with Gasteiger partial charge in [0.05, 0.1) is 0 Å². The predicted octanol–water partition coefficient (Wildman–Crippen LogP) is 2.64. The normalized spacial score (nSPS) is 17.4. The Hall–Kier alpha value is -0.660. The second-order valence-electron chi connectivity index (χ2n) is 5.01. The van der Waals surface area contributed by atoms with Crippen LogP contribution in [0.15, 0.2) is 21.5 Å². The number of rotatable bonds is 5. The minimum Gasteiger partial charge on any atom is -0.398 e. The lowest BCUT2D eigenvalue weighted by Crippen LogP contribution is -2.33. The van der Waals surface area contributed by atoms with E-state index in [-0.39, 0.29) is 11.7 Å². The molecule has 1 unspecified atom stereocenters. The molecule has 0 amide bonds. The molecule has 0 aromatic heterocycles. The largest absolute Gasteiger partial charge is 0.398 e. The third-order valence-electron chi connectivity index (χ3n) is 3.08. The van der Waals surface area contributed by atoms with Gasteiger partial charge in [-0.05, 0) is 47.3 Å². The summed E-state index contributed by atoms with van der Waals surface area (Å²) in [5.74, 6) is -0.218. The highest BCUT2D eigenvalue weighted by molar-refractivity contribution is 9.10. The van der Waals surface area contributed by atoms with Crippen LogP contribution in [0.1, 0.15) is 26.2 Å². The van der Waals surface area contributed by atoms with Crippen molar-refractivity contribution in [2.24, 2.45) is 5.92 Å². The van der Waals surface area contributed by atoms with E-state index in [2.05, 4.69) is 20.7 Å². The third kappa shape index (κ3) is 3.67. The van der Waals surface area contributed by atoms with E-state index >= 15 is 0 Å². The van der Waals surface area contributed by atoms with Crippen molar-refractivity contribution in [2.45, 2.75) is 37.1 Å². The minimum atomic E-state index is -3.87. The molecule has 106 valence electrons. The maximum Gasteiger partial charge on any atom is 0.243 e. The molecule has 0 aliphatic heterocycles. The number of hydrogen-bond donors (Lipinski definition) is 2. The molecule has 0 radical (unpaired) electrons. The topological polar surface area (TPSA) is 72.2 Å². The summed E-state index contributed by atoms with van der Waals surface area (Å²) in [6.07, 6.45) is 3.07. The summed E-state index contributed by atoms with van der Waals surface area (Å²) in [5, 5.41) is 0. The first kappa shape index (κ1) is 14.7. The van der Waals surface area contributed by atoms with Gasteiger partial charge < -0.3 is 5.73 Å². The summed E-state index contributed by atoms with van der Waals surface area (Å²) in [7, 11) is -3.87. The van der Waals surface area contributed by atoms with E-state index < -0.39 is 20.7 Å². The van der Waals surface area contributed by atoms with E-state index in [9.17, 15) is 12.8 Å². The molecule has 1 fully saturated rings. The van der Waals surface area contributed by atoms with Gasteiger partial charge in [-0.1, -0.05) is 12.8 Å². The van der Waals surface area contributed by atoms with Crippen molar-refractivity contribution in [3.8, 4) is 0 Å². The molecule has 0 bridgehead atoms. The zero-order valence-corrected chi connectivity index (χ0v) is 12.9. The highest BCUT2D eigenvalue weighted by Crippen LogP contribution is 2.34. The first-order chi connectivity index (χ1) is 8.79. The van der Waals surface area contributed by atoms with Gasteiger partial charge in [-0.3, -0.25) is 0 Å². The molecule has 1 aliphatic rings. The first-order valence-corrected chi connectivity index (χ1v) is 8.34. The molecule has 1 aromatic rings. The molecular formula is C12H16BrFN2O2S. The summed E-state index contributed by atoms with van der Waals surface area (Å²) in [6, 6.07) is 1.99. The number of nitrogens with one attached hydrogen (secondary N) is 1. The smallest absolute Gasteiger partial charge is 0.243 e. The van der Waals surface area contributed by atoms with E-state index in [1.807, 2.05) is 0 Å². The van der Waals surface area contributed by atoms with Crippen LogP contribution in [0.3, 0.4) is 0 Å². The Morgan fingerprint density at radius 3 is 2.74 bits per heavy atom. The van der Waals surface area contributed by atoms with Crippen LogP contribution >= 0.6 is 15.9 Å². The van der Waals surface area contributed by atoms with Gasteiger partial charge in [0.25, 0.3) is 0 Å². The Labute approximate surface area is 120 Å². The van der Waals surface area contributed by atoms with Crippen LogP contribution in [0.4, 0.5) is 10.1 Å². The lowest BCUT2D eigenvalue weighted by Gasteiger charge is -2.14. The lowest BCUT2D eigenvalue weighted by molar-refractivity contribution is 0.520. The molecule has 1 atom stereocenters. The maximum absolute atomic E-state index is 13.7. The summed E-state index contributed by atoms with van der Waals surface area (Å²) >= 11 is 3.06. The van der Waals surface area contributed by atoms with Gasteiger partial charge in [0, 0.05) is 16.2 Å². The van der Waals surface area contributed by atoms with Gasteiger partial charge in [-0.2, -0.15) is 0 Å². The average molecular weight is 351 g/mol. The van der Waals surface area contributed by atoms with Gasteiger partial charge in [0.15, 0.2) is 0 Å². The first-order valence-electron chi connectivity index (χ1n) is 6.06. The average Bonchev–Trinajstić information content (AvgIpc) is 3.05. The molecule has 7 heteroatoms. The molecule has 1 saturated carbocycles. The highest BCUT2D eigenvalue weighted by Gasteiger charge is 2.27. The standard InChI is InChI=1S/C12H16BrFN2O2S/c1-7(4-8-2-3-8)16-19(17,18)12-6-11(15)9(13)5-10(12)14/h5-8,16H,2-4,15H2,1H3. The number of benzene rings is 1. The van der Waals surface area contributed by atoms with Crippen LogP contribution < -0.4 is 10.5 Å². The van der Waals surface area contributed by atoms with Crippen LogP contribution in [0, 0.1) is 11.7 Å². The molecule has 4 nitrogen and oxygen atoms in total. The highest BCUT2D eigenvalue weighted by atomic mass is 79.9. The zero-order chi connectivity index (χ0) is 14.2. The molecule has 19 heavy (non-hydrogen) atoms. The Morgan fingerprint density at radius 1 is 1.53 bits per heavy atom. The Kier molecular flexibility index (Phi) is 4.17. The lowest BCUT2D eigenvalue weighted by atomic mass is 10.2. The second kappa shape index (κ2) is 5.38. The van der Waals surface area contributed by atoms with Gasteiger partial charge >= 0.3 is 0 Å². The Bertz CT molecular complexity index is 588. The van der Waals surface area contributed by atoms with Crippen molar-refractivity contribution >= 4 is 31.6 Å². The predicted molar refractivity (Wildman–Crippen MR) is 75.6 cm³/mol. The van der Waals surface area contributed by atoms with Crippen molar-refractivity contribution in [2.75, 3.05) is 5.73 Å². The molecule has 0 saturated heterocycles. The van der Waals surface area contributed by atoms with E-state index in [1.165, 1.54) is 0 Å². The molecule has 2 rings (SSSR count). The van der Waals surface area contributed by atoms with Gasteiger partial charge in [0.1, 0.15) is 10.7 Å². The summed E-state index contributed by atoms with van der Waals surface area (Å²) < 4.78 is 40.8. The summed E-state index contributed by atoms with van der Waals surface area (Å²) in [5.41, 5.74) is 5.79. The summed E-state index contributed by atoms with van der Waals surface area (Å²) in [4.78, 5) is -0.407. The molecule has 1 aliphatic carbocycles. The van der Waals surface area contributed by atoms with Crippen LogP contribution in [0.25, 0.3) is 0 Å². The monoisotopic (exact) mass is 350 g/mol. The van der Waals surface area contributed by atoms with E-state index in [0.717, 1.165) is 31.4 Å². The number of nitrogen functional groups attached to an aromatic ring is 1.